The number of hydrogen-bond donors (Lipinski definition) is 2. The maximum atomic E-state index is 11.9. The van der Waals surface area contributed by atoms with E-state index in [1.165, 1.54) is 6.42 Å². The molecule has 0 radical (unpaired) electrons. The molecule has 2 amide bonds. The van der Waals surface area contributed by atoms with Crippen LogP contribution in [0, 0.1) is 0 Å². The van der Waals surface area contributed by atoms with Crippen LogP contribution in [0.2, 0.25) is 0 Å². The number of amides is 2. The van der Waals surface area contributed by atoms with Crippen molar-refractivity contribution in [3.05, 3.63) is 0 Å². The molecule has 0 aromatic rings. The molecule has 0 aromatic carbocycles. The van der Waals surface area contributed by atoms with Crippen LogP contribution in [0.25, 0.3) is 0 Å². The molecule has 0 bridgehead atoms. The summed E-state index contributed by atoms with van der Waals surface area (Å²) in [6.07, 6.45) is 4.63. The molecular weight excluding hydrogens is 190 g/mol. The van der Waals surface area contributed by atoms with Crippen molar-refractivity contribution >= 4 is 6.03 Å². The summed E-state index contributed by atoms with van der Waals surface area (Å²) < 4.78 is 0. The first kappa shape index (κ1) is 10.7. The zero-order valence-electron chi connectivity index (χ0n) is 9.46. The van der Waals surface area contributed by atoms with Crippen molar-refractivity contribution in [3.63, 3.8) is 0 Å². The number of likely N-dealkylation sites (N-methyl/N-ethyl adjacent to an activating group) is 1. The molecule has 1 unspecified atom stereocenters. The Labute approximate surface area is 91.4 Å². The lowest BCUT2D eigenvalue weighted by molar-refractivity contribution is 0.164. The monoisotopic (exact) mass is 211 g/mol. The SMILES string of the molecule is CCN(C(=O)NC1CC1)C1CCCNC1. The lowest BCUT2D eigenvalue weighted by Crippen LogP contribution is -2.52. The van der Waals surface area contributed by atoms with Gasteiger partial charge < -0.3 is 15.5 Å². The van der Waals surface area contributed by atoms with Crippen LogP contribution in [0.15, 0.2) is 0 Å². The van der Waals surface area contributed by atoms with Gasteiger partial charge in [-0.2, -0.15) is 0 Å². The minimum atomic E-state index is 0.133. The Hall–Kier alpha value is -0.770. The summed E-state index contributed by atoms with van der Waals surface area (Å²) in [6.45, 7) is 4.91. The fourth-order valence-corrected chi connectivity index (χ4v) is 2.15. The predicted octanol–water partition coefficient (Wildman–Crippen LogP) is 0.932. The normalized spacial score (nSPS) is 26.1. The molecule has 1 atom stereocenters. The molecule has 4 heteroatoms. The van der Waals surface area contributed by atoms with E-state index in [1.807, 2.05) is 4.90 Å². The summed E-state index contributed by atoms with van der Waals surface area (Å²) in [4.78, 5) is 13.9. The van der Waals surface area contributed by atoms with E-state index in [0.29, 0.717) is 12.1 Å². The average molecular weight is 211 g/mol. The van der Waals surface area contributed by atoms with Crippen LogP contribution in [0.3, 0.4) is 0 Å². The second kappa shape index (κ2) is 4.84. The highest BCUT2D eigenvalue weighted by Gasteiger charge is 2.29. The Kier molecular flexibility index (Phi) is 3.46. The standard InChI is InChI=1S/C11H21N3O/c1-2-14(10-4-3-7-12-8-10)11(15)13-9-5-6-9/h9-10,12H,2-8H2,1H3,(H,13,15). The number of carbonyl (C=O) groups is 1. The molecule has 1 aliphatic carbocycles. The summed E-state index contributed by atoms with van der Waals surface area (Å²) in [6, 6.07) is 0.985. The zero-order valence-corrected chi connectivity index (χ0v) is 9.46. The van der Waals surface area contributed by atoms with Crippen molar-refractivity contribution in [1.29, 1.82) is 0 Å². The van der Waals surface area contributed by atoms with Gasteiger partial charge in [0.1, 0.15) is 0 Å². The topological polar surface area (TPSA) is 44.4 Å². The molecule has 2 N–H and O–H groups in total. The molecule has 4 nitrogen and oxygen atoms in total. The number of nitrogens with one attached hydrogen (secondary N) is 2. The minimum absolute atomic E-state index is 0.133. The van der Waals surface area contributed by atoms with Gasteiger partial charge in [-0.3, -0.25) is 0 Å². The first-order valence-corrected chi connectivity index (χ1v) is 6.09. The summed E-state index contributed by atoms with van der Waals surface area (Å²) in [5, 5.41) is 6.41. The van der Waals surface area contributed by atoms with E-state index in [-0.39, 0.29) is 6.03 Å². The van der Waals surface area contributed by atoms with Gasteiger partial charge in [-0.05, 0) is 39.2 Å². The first-order valence-electron chi connectivity index (χ1n) is 6.09. The molecule has 15 heavy (non-hydrogen) atoms. The number of piperidine rings is 1. The Balaban J connectivity index is 1.85. The van der Waals surface area contributed by atoms with Crippen molar-refractivity contribution in [2.45, 2.75) is 44.7 Å². The highest BCUT2D eigenvalue weighted by atomic mass is 16.2. The lowest BCUT2D eigenvalue weighted by atomic mass is 10.1. The Bertz CT molecular complexity index is 222. The molecule has 0 aromatic heterocycles. The summed E-state index contributed by atoms with van der Waals surface area (Å²) in [5.74, 6) is 0. The first-order chi connectivity index (χ1) is 7.31. The van der Waals surface area contributed by atoms with Crippen LogP contribution in [-0.2, 0) is 0 Å². The molecule has 1 saturated carbocycles. The number of carbonyl (C=O) groups excluding carboxylic acids is 1. The third-order valence-electron chi connectivity index (χ3n) is 3.22. The van der Waals surface area contributed by atoms with Crippen LogP contribution in [-0.4, -0.2) is 42.6 Å². The van der Waals surface area contributed by atoms with E-state index in [4.69, 9.17) is 0 Å². The average Bonchev–Trinajstić information content (AvgIpc) is 3.04. The van der Waals surface area contributed by atoms with E-state index >= 15 is 0 Å². The number of nitrogens with zero attached hydrogens (tertiary/aromatic N) is 1. The minimum Gasteiger partial charge on any atom is -0.335 e. The van der Waals surface area contributed by atoms with E-state index in [0.717, 1.165) is 38.9 Å². The second-order valence-corrected chi connectivity index (χ2v) is 4.51. The summed E-state index contributed by atoms with van der Waals surface area (Å²) in [5.41, 5.74) is 0. The van der Waals surface area contributed by atoms with Crippen LogP contribution < -0.4 is 10.6 Å². The van der Waals surface area contributed by atoms with Gasteiger partial charge in [0.05, 0.1) is 0 Å². The van der Waals surface area contributed by atoms with Crippen LogP contribution in [0.1, 0.15) is 32.6 Å². The number of hydrogen-bond acceptors (Lipinski definition) is 2. The largest absolute Gasteiger partial charge is 0.335 e. The van der Waals surface area contributed by atoms with Crippen molar-refractivity contribution in [1.82, 2.24) is 15.5 Å². The van der Waals surface area contributed by atoms with E-state index < -0.39 is 0 Å². The van der Waals surface area contributed by atoms with Crippen LogP contribution in [0.4, 0.5) is 4.79 Å². The van der Waals surface area contributed by atoms with Crippen molar-refractivity contribution in [3.8, 4) is 0 Å². The third kappa shape index (κ3) is 2.84. The van der Waals surface area contributed by atoms with Gasteiger partial charge in [0.15, 0.2) is 0 Å². The highest BCUT2D eigenvalue weighted by Crippen LogP contribution is 2.19. The zero-order chi connectivity index (χ0) is 10.7. The lowest BCUT2D eigenvalue weighted by Gasteiger charge is -2.34. The van der Waals surface area contributed by atoms with Crippen LogP contribution in [0.5, 0.6) is 0 Å². The molecule has 2 fully saturated rings. The van der Waals surface area contributed by atoms with Crippen molar-refractivity contribution in [2.24, 2.45) is 0 Å². The van der Waals surface area contributed by atoms with Crippen LogP contribution >= 0.6 is 0 Å². The molecule has 2 aliphatic rings. The van der Waals surface area contributed by atoms with Gasteiger partial charge >= 0.3 is 6.03 Å². The van der Waals surface area contributed by atoms with E-state index in [1.54, 1.807) is 0 Å². The fraction of sp³-hybridized carbons (Fsp3) is 0.909. The Morgan fingerprint density at radius 1 is 1.47 bits per heavy atom. The van der Waals surface area contributed by atoms with Crippen molar-refractivity contribution in [2.75, 3.05) is 19.6 Å². The predicted molar refractivity (Wildman–Crippen MR) is 59.8 cm³/mol. The third-order valence-corrected chi connectivity index (χ3v) is 3.22. The van der Waals surface area contributed by atoms with Crippen molar-refractivity contribution < 1.29 is 4.79 Å². The smallest absolute Gasteiger partial charge is 0.317 e. The maximum Gasteiger partial charge on any atom is 0.317 e. The molecule has 1 heterocycles. The Morgan fingerprint density at radius 2 is 2.27 bits per heavy atom. The van der Waals surface area contributed by atoms with Gasteiger partial charge in [-0.15, -0.1) is 0 Å². The Morgan fingerprint density at radius 3 is 2.80 bits per heavy atom. The molecule has 1 saturated heterocycles. The van der Waals surface area contributed by atoms with Gasteiger partial charge in [0.25, 0.3) is 0 Å². The molecular formula is C11H21N3O. The maximum absolute atomic E-state index is 11.9. The second-order valence-electron chi connectivity index (χ2n) is 4.51. The van der Waals surface area contributed by atoms with E-state index in [9.17, 15) is 4.79 Å². The van der Waals surface area contributed by atoms with E-state index in [2.05, 4.69) is 17.6 Å². The highest BCUT2D eigenvalue weighted by molar-refractivity contribution is 5.75. The number of rotatable bonds is 3. The number of urea groups is 1. The van der Waals surface area contributed by atoms with Gasteiger partial charge in [-0.25, -0.2) is 4.79 Å². The molecule has 86 valence electrons. The quantitative estimate of drug-likeness (QED) is 0.729. The molecule has 2 rings (SSSR count). The fourth-order valence-electron chi connectivity index (χ4n) is 2.15. The summed E-state index contributed by atoms with van der Waals surface area (Å²) in [7, 11) is 0. The van der Waals surface area contributed by atoms with Gasteiger partial charge in [-0.1, -0.05) is 0 Å². The van der Waals surface area contributed by atoms with Gasteiger partial charge in [0.2, 0.25) is 0 Å². The molecule has 0 spiro atoms. The molecule has 1 aliphatic heterocycles. The van der Waals surface area contributed by atoms with Gasteiger partial charge in [0, 0.05) is 25.2 Å². The summed E-state index contributed by atoms with van der Waals surface area (Å²) >= 11 is 0.